The van der Waals surface area contributed by atoms with Gasteiger partial charge in [0.1, 0.15) is 11.6 Å². The van der Waals surface area contributed by atoms with Crippen LogP contribution in [0.15, 0.2) is 55.1 Å². The number of fused-ring (bicyclic) bond motifs is 1. The first-order chi connectivity index (χ1) is 13.1. The summed E-state index contributed by atoms with van der Waals surface area (Å²) in [5.74, 6) is -1.07. The minimum atomic E-state index is -0.390. The highest BCUT2D eigenvalue weighted by atomic mass is 32.1. The zero-order valence-electron chi connectivity index (χ0n) is 14.9. The van der Waals surface area contributed by atoms with Gasteiger partial charge in [-0.3, -0.25) is 4.79 Å². The second-order valence-electron chi connectivity index (χ2n) is 6.02. The molecule has 0 atom stereocenters. The molecule has 0 saturated heterocycles. The molecule has 1 amide bonds. The third-order valence-electron chi connectivity index (χ3n) is 4.20. The highest BCUT2D eigenvalue weighted by molar-refractivity contribution is 7.21. The molecule has 0 N–H and O–H groups in total. The number of hydrogen-bond acceptors (Lipinski definition) is 3. The molecule has 0 bridgehead atoms. The van der Waals surface area contributed by atoms with Crippen molar-refractivity contribution in [1.82, 2.24) is 4.90 Å². The van der Waals surface area contributed by atoms with Crippen LogP contribution >= 0.6 is 11.3 Å². The van der Waals surface area contributed by atoms with Crippen LogP contribution in [-0.2, 0) is 17.9 Å². The Labute approximate surface area is 160 Å². The molecule has 0 radical (unpaired) electrons. The lowest BCUT2D eigenvalue weighted by molar-refractivity contribution is 0.0762. The summed E-state index contributed by atoms with van der Waals surface area (Å²) in [7, 11) is 1.50. The summed E-state index contributed by atoms with van der Waals surface area (Å²) in [6.07, 6.45) is 1.59. The minimum absolute atomic E-state index is 0.0979. The number of carbonyl (C=O) groups excluding carboxylic acids is 1. The van der Waals surface area contributed by atoms with E-state index in [0.717, 1.165) is 0 Å². The summed E-state index contributed by atoms with van der Waals surface area (Å²) in [6, 6.07) is 11.1. The fourth-order valence-corrected chi connectivity index (χ4v) is 4.16. The molecule has 0 spiro atoms. The van der Waals surface area contributed by atoms with Gasteiger partial charge in [0.2, 0.25) is 0 Å². The average Bonchev–Trinajstić information content (AvgIpc) is 3.03. The summed E-state index contributed by atoms with van der Waals surface area (Å²) in [5.41, 5.74) is 0.927. The second-order valence-corrected chi connectivity index (χ2v) is 7.07. The molecule has 1 heterocycles. The lowest BCUT2D eigenvalue weighted by Gasteiger charge is -2.21. The summed E-state index contributed by atoms with van der Waals surface area (Å²) in [4.78, 5) is 15.1. The van der Waals surface area contributed by atoms with Gasteiger partial charge in [0.05, 0.1) is 11.5 Å². The first kappa shape index (κ1) is 19.2. The van der Waals surface area contributed by atoms with E-state index < -0.39 is 0 Å². The number of methoxy groups -OCH3 is 1. The van der Waals surface area contributed by atoms with Crippen LogP contribution in [0.1, 0.15) is 20.8 Å². The quantitative estimate of drug-likeness (QED) is 0.525. The van der Waals surface area contributed by atoms with Crippen molar-refractivity contribution in [2.45, 2.75) is 13.2 Å². The fourth-order valence-electron chi connectivity index (χ4n) is 2.97. The lowest BCUT2D eigenvalue weighted by atomic mass is 10.1. The van der Waals surface area contributed by atoms with Gasteiger partial charge in [-0.1, -0.05) is 30.3 Å². The Morgan fingerprint density at radius 2 is 1.93 bits per heavy atom. The smallest absolute Gasteiger partial charge is 0.264 e. The number of carbonyl (C=O) groups is 1. The van der Waals surface area contributed by atoms with Crippen LogP contribution in [0.4, 0.5) is 8.78 Å². The third-order valence-corrected chi connectivity index (χ3v) is 5.39. The molecule has 3 rings (SSSR count). The second kappa shape index (κ2) is 8.41. The van der Waals surface area contributed by atoms with E-state index in [-0.39, 0.29) is 37.2 Å². The predicted molar refractivity (Wildman–Crippen MR) is 104 cm³/mol. The fraction of sp³-hybridized carbons (Fsp3) is 0.190. The average molecular weight is 387 g/mol. The lowest BCUT2D eigenvalue weighted by Crippen LogP contribution is -2.31. The zero-order valence-corrected chi connectivity index (χ0v) is 15.7. The monoisotopic (exact) mass is 387 g/mol. The first-order valence-electron chi connectivity index (χ1n) is 8.39. The van der Waals surface area contributed by atoms with Gasteiger partial charge in [0.15, 0.2) is 0 Å². The largest absolute Gasteiger partial charge is 0.380 e. The highest BCUT2D eigenvalue weighted by Crippen LogP contribution is 2.34. The molecule has 140 valence electrons. The van der Waals surface area contributed by atoms with Crippen LogP contribution < -0.4 is 0 Å². The summed E-state index contributed by atoms with van der Waals surface area (Å²) >= 11 is 1.22. The van der Waals surface area contributed by atoms with Crippen molar-refractivity contribution in [3.8, 4) is 0 Å². The number of thiophene rings is 1. The Kier molecular flexibility index (Phi) is 5.98. The molecule has 0 aliphatic rings. The Morgan fingerprint density at radius 1 is 1.19 bits per heavy atom. The Bertz CT molecular complexity index is 983. The highest BCUT2D eigenvalue weighted by Gasteiger charge is 2.25. The zero-order chi connectivity index (χ0) is 19.4. The van der Waals surface area contributed by atoms with E-state index in [1.807, 2.05) is 0 Å². The van der Waals surface area contributed by atoms with Gasteiger partial charge in [0.25, 0.3) is 5.91 Å². The first-order valence-corrected chi connectivity index (χ1v) is 9.20. The van der Waals surface area contributed by atoms with E-state index in [0.29, 0.717) is 26.1 Å². The van der Waals surface area contributed by atoms with E-state index in [1.165, 1.54) is 35.5 Å². The van der Waals surface area contributed by atoms with Gasteiger partial charge in [-0.2, -0.15) is 0 Å². The number of rotatable bonds is 7. The maximum Gasteiger partial charge on any atom is 0.264 e. The molecule has 27 heavy (non-hydrogen) atoms. The van der Waals surface area contributed by atoms with E-state index in [2.05, 4.69) is 6.58 Å². The van der Waals surface area contributed by atoms with Crippen LogP contribution in [0.5, 0.6) is 0 Å². The molecular weight excluding hydrogens is 368 g/mol. The maximum atomic E-state index is 14.4. The molecule has 2 aromatic carbocycles. The third kappa shape index (κ3) is 3.91. The normalized spacial score (nSPS) is 10.9. The maximum absolute atomic E-state index is 14.4. The number of benzene rings is 2. The SMILES string of the molecule is C=CCN(Cc1ccccc1F)C(=O)c1sc2cccc(F)c2c1COC. The van der Waals surface area contributed by atoms with Crippen LogP contribution in [0.3, 0.4) is 0 Å². The van der Waals surface area contributed by atoms with Crippen molar-refractivity contribution >= 4 is 27.3 Å². The van der Waals surface area contributed by atoms with E-state index in [1.54, 1.807) is 36.4 Å². The van der Waals surface area contributed by atoms with Gasteiger partial charge < -0.3 is 9.64 Å². The molecular formula is C21H19F2NO2S. The van der Waals surface area contributed by atoms with E-state index in [4.69, 9.17) is 4.74 Å². The molecule has 3 aromatic rings. The molecule has 0 unspecified atom stereocenters. The number of amides is 1. The van der Waals surface area contributed by atoms with Gasteiger partial charge in [-0.25, -0.2) is 8.78 Å². The van der Waals surface area contributed by atoms with Crippen LogP contribution in [-0.4, -0.2) is 24.5 Å². The summed E-state index contributed by atoms with van der Waals surface area (Å²) in [5, 5.41) is 0.400. The molecule has 6 heteroatoms. The van der Waals surface area contributed by atoms with Crippen molar-refractivity contribution in [1.29, 1.82) is 0 Å². The summed E-state index contributed by atoms with van der Waals surface area (Å²) < 4.78 is 34.3. The molecule has 0 aliphatic heterocycles. The molecule has 1 aromatic heterocycles. The standard InChI is InChI=1S/C21H19F2NO2S/c1-3-11-24(12-14-7-4-5-8-16(14)22)21(25)20-15(13-26-2)19-17(23)9-6-10-18(19)27-20/h3-10H,1,11-13H2,2H3. The molecule has 0 aliphatic carbocycles. The van der Waals surface area contributed by atoms with Crippen LogP contribution in [0.2, 0.25) is 0 Å². The van der Waals surface area contributed by atoms with Gasteiger partial charge >= 0.3 is 0 Å². The van der Waals surface area contributed by atoms with Crippen molar-refractivity contribution in [2.75, 3.05) is 13.7 Å². The van der Waals surface area contributed by atoms with Crippen molar-refractivity contribution in [3.63, 3.8) is 0 Å². The topological polar surface area (TPSA) is 29.5 Å². The summed E-state index contributed by atoms with van der Waals surface area (Å²) in [6.45, 7) is 4.15. The molecule has 0 saturated carbocycles. The number of halogens is 2. The Balaban J connectivity index is 2.03. The van der Waals surface area contributed by atoms with Crippen LogP contribution in [0.25, 0.3) is 10.1 Å². The molecule has 3 nitrogen and oxygen atoms in total. The van der Waals surface area contributed by atoms with Crippen molar-refractivity contribution in [2.24, 2.45) is 0 Å². The number of nitrogens with zero attached hydrogens (tertiary/aromatic N) is 1. The van der Waals surface area contributed by atoms with Gasteiger partial charge in [0, 0.05) is 41.4 Å². The van der Waals surface area contributed by atoms with Crippen LogP contribution in [0, 0.1) is 11.6 Å². The predicted octanol–water partition coefficient (Wildman–Crippen LogP) is 5.15. The van der Waals surface area contributed by atoms with Crippen molar-refractivity contribution in [3.05, 3.63) is 82.8 Å². The van der Waals surface area contributed by atoms with E-state index >= 15 is 0 Å². The number of ether oxygens (including phenoxy) is 1. The van der Waals surface area contributed by atoms with E-state index in [9.17, 15) is 13.6 Å². The van der Waals surface area contributed by atoms with Crippen molar-refractivity contribution < 1.29 is 18.3 Å². The van der Waals surface area contributed by atoms with Gasteiger partial charge in [-0.05, 0) is 18.2 Å². The Morgan fingerprint density at radius 3 is 2.63 bits per heavy atom. The number of hydrogen-bond donors (Lipinski definition) is 0. The minimum Gasteiger partial charge on any atom is -0.380 e. The Hall–Kier alpha value is -2.57. The van der Waals surface area contributed by atoms with Gasteiger partial charge in [-0.15, -0.1) is 17.9 Å². The molecule has 0 fully saturated rings.